The highest BCUT2D eigenvalue weighted by Crippen LogP contribution is 2.45. The summed E-state index contributed by atoms with van der Waals surface area (Å²) in [5.74, 6) is -0.598. The second-order valence-electron chi connectivity index (χ2n) is 8.73. The number of carbonyl (C=O) groups is 2. The van der Waals surface area contributed by atoms with Gasteiger partial charge in [0.2, 0.25) is 0 Å². The summed E-state index contributed by atoms with van der Waals surface area (Å²) in [7, 11) is 1.47. The number of carbonyl (C=O) groups excluding carboxylic acids is 2. The zero-order chi connectivity index (χ0) is 23.7. The van der Waals surface area contributed by atoms with Gasteiger partial charge in [0.15, 0.2) is 0 Å². The normalized spacial score (nSPS) is 20.6. The van der Waals surface area contributed by atoms with Crippen molar-refractivity contribution in [1.29, 1.82) is 0 Å². The summed E-state index contributed by atoms with van der Waals surface area (Å²) in [5, 5.41) is 11.7. The number of rotatable bonds is 6. The number of Topliss-reactive ketones (excluding diaryl/α,β-unsaturated/α-hetero) is 1. The highest BCUT2D eigenvalue weighted by molar-refractivity contribution is 6.46. The van der Waals surface area contributed by atoms with E-state index in [-0.39, 0.29) is 29.0 Å². The Kier molecular flexibility index (Phi) is 6.66. The van der Waals surface area contributed by atoms with Crippen LogP contribution in [0.1, 0.15) is 56.7 Å². The number of halogens is 1. The van der Waals surface area contributed by atoms with Crippen LogP contribution in [0.15, 0.2) is 48.0 Å². The van der Waals surface area contributed by atoms with Gasteiger partial charge >= 0.3 is 0 Å². The molecular weight excluding hydrogens is 442 g/mol. The van der Waals surface area contributed by atoms with E-state index in [0.717, 1.165) is 25.7 Å². The van der Waals surface area contributed by atoms with Crippen molar-refractivity contribution in [2.45, 2.75) is 57.7 Å². The van der Waals surface area contributed by atoms with Crippen molar-refractivity contribution < 1.29 is 24.2 Å². The Morgan fingerprint density at radius 2 is 1.85 bits per heavy atom. The number of methoxy groups -OCH3 is 1. The maximum absolute atomic E-state index is 13.3. The average molecular weight is 470 g/mol. The first kappa shape index (κ1) is 23.2. The van der Waals surface area contributed by atoms with Crippen molar-refractivity contribution >= 4 is 29.1 Å². The van der Waals surface area contributed by atoms with Crippen LogP contribution in [-0.2, 0) is 9.59 Å². The Hall–Kier alpha value is -2.99. The molecule has 0 radical (unpaired) electrons. The predicted octanol–water partition coefficient (Wildman–Crippen LogP) is 5.50. The minimum absolute atomic E-state index is 0.0304. The first-order valence-corrected chi connectivity index (χ1v) is 11.6. The Bertz CT molecular complexity index is 1100. The van der Waals surface area contributed by atoms with Gasteiger partial charge in [-0.2, -0.15) is 0 Å². The van der Waals surface area contributed by atoms with Crippen LogP contribution in [-0.4, -0.2) is 41.0 Å². The van der Waals surface area contributed by atoms with E-state index >= 15 is 0 Å². The lowest BCUT2D eigenvalue weighted by molar-refractivity contribution is -0.141. The lowest BCUT2D eigenvalue weighted by Gasteiger charge is -2.31. The molecule has 4 rings (SSSR count). The van der Waals surface area contributed by atoms with E-state index in [4.69, 9.17) is 21.1 Å². The molecular formula is C26H28ClNO5. The van der Waals surface area contributed by atoms with Crippen LogP contribution in [0.25, 0.3) is 5.76 Å². The van der Waals surface area contributed by atoms with Gasteiger partial charge in [0.1, 0.15) is 17.3 Å². The third kappa shape index (κ3) is 4.44. The highest BCUT2D eigenvalue weighted by atomic mass is 35.5. The predicted molar refractivity (Wildman–Crippen MR) is 127 cm³/mol. The molecule has 2 aromatic rings. The van der Waals surface area contributed by atoms with Crippen molar-refractivity contribution in [2.24, 2.45) is 0 Å². The van der Waals surface area contributed by atoms with Gasteiger partial charge in [-0.1, -0.05) is 36.6 Å². The fourth-order valence-electron chi connectivity index (χ4n) is 4.78. The number of hydrogen-bond acceptors (Lipinski definition) is 5. The van der Waals surface area contributed by atoms with E-state index in [2.05, 4.69) is 0 Å². The molecule has 1 aliphatic carbocycles. The summed E-state index contributed by atoms with van der Waals surface area (Å²) in [4.78, 5) is 28.2. The van der Waals surface area contributed by atoms with Gasteiger partial charge in [0.05, 0.1) is 30.4 Å². The van der Waals surface area contributed by atoms with E-state index in [1.165, 1.54) is 13.2 Å². The molecule has 7 heteroatoms. The van der Waals surface area contributed by atoms with E-state index in [1.54, 1.807) is 17.0 Å². The molecule has 2 aliphatic rings. The van der Waals surface area contributed by atoms with Crippen LogP contribution >= 0.6 is 11.6 Å². The quantitative estimate of drug-likeness (QED) is 0.343. The van der Waals surface area contributed by atoms with E-state index in [0.29, 0.717) is 22.1 Å². The van der Waals surface area contributed by atoms with E-state index in [1.807, 2.05) is 38.1 Å². The van der Waals surface area contributed by atoms with Crippen molar-refractivity contribution in [3.8, 4) is 11.5 Å². The molecule has 1 aliphatic heterocycles. The van der Waals surface area contributed by atoms with Gasteiger partial charge in [-0.25, -0.2) is 0 Å². The second kappa shape index (κ2) is 9.48. The van der Waals surface area contributed by atoms with Crippen molar-refractivity contribution in [3.05, 3.63) is 64.2 Å². The molecule has 1 heterocycles. The molecule has 174 valence electrons. The molecule has 0 aromatic heterocycles. The molecule has 1 saturated carbocycles. The number of nitrogens with zero attached hydrogens (tertiary/aromatic N) is 1. The molecule has 33 heavy (non-hydrogen) atoms. The summed E-state index contributed by atoms with van der Waals surface area (Å²) in [6, 6.07) is 11.4. The van der Waals surface area contributed by atoms with Gasteiger partial charge in [0, 0.05) is 11.1 Å². The minimum Gasteiger partial charge on any atom is -0.507 e. The molecule has 0 spiro atoms. The molecule has 6 nitrogen and oxygen atoms in total. The molecule has 1 atom stereocenters. The van der Waals surface area contributed by atoms with Crippen LogP contribution < -0.4 is 9.47 Å². The molecule has 2 aromatic carbocycles. The first-order chi connectivity index (χ1) is 15.8. The number of hydrogen-bond donors (Lipinski definition) is 1. The zero-order valence-electron chi connectivity index (χ0n) is 19.0. The first-order valence-electron chi connectivity index (χ1n) is 11.2. The van der Waals surface area contributed by atoms with Crippen LogP contribution in [0.3, 0.4) is 0 Å². The molecule has 1 N–H and O–H groups in total. The smallest absolute Gasteiger partial charge is 0.295 e. The number of amides is 1. The van der Waals surface area contributed by atoms with Gasteiger partial charge < -0.3 is 19.5 Å². The van der Waals surface area contributed by atoms with Crippen LogP contribution in [0.4, 0.5) is 0 Å². The second-order valence-corrected chi connectivity index (χ2v) is 9.16. The molecule has 1 unspecified atom stereocenters. The molecule has 0 bridgehead atoms. The Morgan fingerprint density at radius 3 is 2.52 bits per heavy atom. The highest BCUT2D eigenvalue weighted by Gasteiger charge is 2.49. The van der Waals surface area contributed by atoms with Gasteiger partial charge in [-0.05, 0) is 62.6 Å². The number of aliphatic hydroxyl groups excluding tert-OH is 1. The summed E-state index contributed by atoms with van der Waals surface area (Å²) in [6.07, 6.45) is 3.62. The zero-order valence-corrected chi connectivity index (χ0v) is 19.8. The van der Waals surface area contributed by atoms with Crippen molar-refractivity contribution in [2.75, 3.05) is 7.11 Å². The maximum Gasteiger partial charge on any atom is 0.295 e. The van der Waals surface area contributed by atoms with Crippen molar-refractivity contribution in [1.82, 2.24) is 4.90 Å². The topological polar surface area (TPSA) is 76.1 Å². The lowest BCUT2D eigenvalue weighted by Crippen LogP contribution is -2.37. The van der Waals surface area contributed by atoms with Gasteiger partial charge in [-0.15, -0.1) is 0 Å². The van der Waals surface area contributed by atoms with Gasteiger partial charge in [0.25, 0.3) is 11.7 Å². The summed E-state index contributed by atoms with van der Waals surface area (Å²) in [5.41, 5.74) is 1.02. The Morgan fingerprint density at radius 1 is 1.12 bits per heavy atom. The number of aliphatic hydroxyl groups is 1. The lowest BCUT2D eigenvalue weighted by atomic mass is 9.94. The van der Waals surface area contributed by atoms with Crippen LogP contribution in [0.2, 0.25) is 5.02 Å². The number of ether oxygens (including phenoxy) is 2. The molecule has 2 fully saturated rings. The maximum atomic E-state index is 13.3. The largest absolute Gasteiger partial charge is 0.507 e. The fraction of sp³-hybridized carbons (Fsp3) is 0.385. The van der Waals surface area contributed by atoms with E-state index < -0.39 is 17.7 Å². The summed E-state index contributed by atoms with van der Waals surface area (Å²) < 4.78 is 11.2. The minimum atomic E-state index is -0.729. The molecule has 1 amide bonds. The standard InChI is InChI=1S/C26H28ClNO5/c1-15(2)33-19-10-6-7-16(13-19)23-22(24(29)20-14-17(27)11-12-21(20)32-3)25(30)26(31)28(23)18-8-4-5-9-18/h6-7,10-15,18,23,29H,4-5,8-9H2,1-3H3/b24-22+. The number of ketones is 1. The van der Waals surface area contributed by atoms with Crippen molar-refractivity contribution in [3.63, 3.8) is 0 Å². The third-order valence-corrected chi connectivity index (χ3v) is 6.40. The van der Waals surface area contributed by atoms with E-state index in [9.17, 15) is 14.7 Å². The number of benzene rings is 2. The molecule has 1 saturated heterocycles. The van der Waals surface area contributed by atoms with Crippen LogP contribution in [0.5, 0.6) is 11.5 Å². The summed E-state index contributed by atoms with van der Waals surface area (Å²) >= 11 is 6.18. The fourth-order valence-corrected chi connectivity index (χ4v) is 4.95. The van der Waals surface area contributed by atoms with Crippen LogP contribution in [0, 0.1) is 0 Å². The SMILES string of the molecule is COc1ccc(Cl)cc1/C(O)=C1\C(=O)C(=O)N(C2CCCC2)C1c1cccc(OC(C)C)c1. The van der Waals surface area contributed by atoms with Gasteiger partial charge in [-0.3, -0.25) is 9.59 Å². The average Bonchev–Trinajstić information content (AvgIpc) is 3.40. The third-order valence-electron chi connectivity index (χ3n) is 6.16. The monoisotopic (exact) mass is 469 g/mol. The number of likely N-dealkylation sites (tertiary alicyclic amines) is 1. The Labute approximate surface area is 198 Å². The summed E-state index contributed by atoms with van der Waals surface area (Å²) in [6.45, 7) is 3.87. The Balaban J connectivity index is 1.91.